The molecule has 1 atom stereocenters. The molecule has 0 aliphatic rings. The highest BCUT2D eigenvalue weighted by atomic mass is 35.5. The maximum Gasteiger partial charge on any atom is 0.226 e. The van der Waals surface area contributed by atoms with E-state index in [-0.39, 0.29) is 18.6 Å². The van der Waals surface area contributed by atoms with Gasteiger partial charge < -0.3 is 20.5 Å². The van der Waals surface area contributed by atoms with E-state index in [0.717, 1.165) is 0 Å². The maximum atomic E-state index is 11.9. The normalized spacial score (nSPS) is 12.0. The minimum absolute atomic E-state index is 0.0340. The Balaban J connectivity index is 2.51. The molecule has 1 rings (SSSR count). The summed E-state index contributed by atoms with van der Waals surface area (Å²) in [4.78, 5) is 11.9. The van der Waals surface area contributed by atoms with Crippen LogP contribution in [0.4, 0.5) is 5.69 Å². The van der Waals surface area contributed by atoms with Crippen molar-refractivity contribution in [3.8, 4) is 5.75 Å². The van der Waals surface area contributed by atoms with E-state index < -0.39 is 0 Å². The lowest BCUT2D eigenvalue weighted by Gasteiger charge is -2.14. The van der Waals surface area contributed by atoms with Crippen molar-refractivity contribution in [1.82, 2.24) is 5.32 Å². The Labute approximate surface area is 124 Å². The van der Waals surface area contributed by atoms with Crippen LogP contribution in [0.25, 0.3) is 0 Å². The molecule has 1 aromatic carbocycles. The fourth-order valence-corrected chi connectivity index (χ4v) is 1.93. The number of nitrogens with one attached hydrogen (secondary N) is 2. The third-order valence-corrected chi connectivity index (χ3v) is 2.99. The molecule has 0 heterocycles. The molecular weight excluding hydrogens is 280 g/mol. The van der Waals surface area contributed by atoms with Crippen molar-refractivity contribution in [2.45, 2.75) is 25.8 Å². The lowest BCUT2D eigenvalue weighted by atomic mass is 10.2. The Kier molecular flexibility index (Phi) is 7.36. The number of anilines is 1. The summed E-state index contributed by atoms with van der Waals surface area (Å²) in [5.74, 6) is 0.457. The van der Waals surface area contributed by atoms with Crippen molar-refractivity contribution in [3.63, 3.8) is 0 Å². The second-order valence-corrected chi connectivity index (χ2v) is 4.97. The number of hydrogen-bond acceptors (Lipinski definition) is 4. The predicted molar refractivity (Wildman–Crippen MR) is 80.4 cm³/mol. The summed E-state index contributed by atoms with van der Waals surface area (Å²) in [6, 6.07) is 5.10. The number of carbonyl (C=O) groups is 1. The summed E-state index contributed by atoms with van der Waals surface area (Å²) >= 11 is 5.90. The first-order valence-electron chi connectivity index (χ1n) is 6.54. The molecule has 0 bridgehead atoms. The van der Waals surface area contributed by atoms with Crippen LogP contribution in [0.3, 0.4) is 0 Å². The number of methoxy groups -OCH3 is 1. The predicted octanol–water partition coefficient (Wildman–Crippen LogP) is 2.04. The molecule has 1 amide bonds. The lowest BCUT2D eigenvalue weighted by Crippen LogP contribution is -2.31. The van der Waals surface area contributed by atoms with Crippen molar-refractivity contribution in [1.29, 1.82) is 0 Å². The van der Waals surface area contributed by atoms with Crippen LogP contribution < -0.4 is 15.4 Å². The first kappa shape index (κ1) is 16.8. The van der Waals surface area contributed by atoms with Gasteiger partial charge in [-0.1, -0.05) is 11.6 Å². The third-order valence-electron chi connectivity index (χ3n) is 2.75. The number of aliphatic hydroxyl groups excluding tert-OH is 1. The first-order chi connectivity index (χ1) is 9.56. The number of amides is 1. The summed E-state index contributed by atoms with van der Waals surface area (Å²) in [5.41, 5.74) is 0.563. The van der Waals surface area contributed by atoms with E-state index in [1.807, 2.05) is 6.92 Å². The highest BCUT2D eigenvalue weighted by molar-refractivity contribution is 6.31. The summed E-state index contributed by atoms with van der Waals surface area (Å²) in [5, 5.41) is 15.2. The Bertz CT molecular complexity index is 440. The van der Waals surface area contributed by atoms with Gasteiger partial charge in [-0.3, -0.25) is 4.79 Å². The van der Waals surface area contributed by atoms with E-state index >= 15 is 0 Å². The van der Waals surface area contributed by atoms with Gasteiger partial charge in [-0.2, -0.15) is 0 Å². The molecule has 112 valence electrons. The summed E-state index contributed by atoms with van der Waals surface area (Å²) < 4.78 is 5.17. The van der Waals surface area contributed by atoms with E-state index in [1.165, 1.54) is 7.11 Å². The van der Waals surface area contributed by atoms with Crippen LogP contribution in [0.2, 0.25) is 5.02 Å². The minimum Gasteiger partial charge on any atom is -0.495 e. The number of ether oxygens (including phenoxy) is 1. The zero-order valence-electron chi connectivity index (χ0n) is 11.8. The zero-order chi connectivity index (χ0) is 15.0. The highest BCUT2D eigenvalue weighted by Crippen LogP contribution is 2.27. The zero-order valence-corrected chi connectivity index (χ0v) is 12.5. The molecule has 6 heteroatoms. The number of benzene rings is 1. The molecule has 0 saturated carbocycles. The van der Waals surface area contributed by atoms with Gasteiger partial charge in [-0.05, 0) is 38.1 Å². The van der Waals surface area contributed by atoms with Crippen LogP contribution >= 0.6 is 11.6 Å². The number of rotatable bonds is 8. The third kappa shape index (κ3) is 5.77. The van der Waals surface area contributed by atoms with Crippen molar-refractivity contribution in [2.24, 2.45) is 0 Å². The molecule has 5 nitrogen and oxygen atoms in total. The van der Waals surface area contributed by atoms with E-state index in [2.05, 4.69) is 10.6 Å². The molecule has 1 aromatic rings. The lowest BCUT2D eigenvalue weighted by molar-refractivity contribution is -0.116. The summed E-state index contributed by atoms with van der Waals surface area (Å²) in [6.07, 6.45) is 1.01. The molecule has 0 fully saturated rings. The van der Waals surface area contributed by atoms with Crippen molar-refractivity contribution >= 4 is 23.2 Å². The van der Waals surface area contributed by atoms with E-state index in [4.69, 9.17) is 21.4 Å². The van der Waals surface area contributed by atoms with Gasteiger partial charge in [0.2, 0.25) is 5.91 Å². The van der Waals surface area contributed by atoms with Crippen LogP contribution in [-0.2, 0) is 4.79 Å². The topological polar surface area (TPSA) is 70.6 Å². The fourth-order valence-electron chi connectivity index (χ4n) is 1.76. The summed E-state index contributed by atoms with van der Waals surface area (Å²) in [6.45, 7) is 2.75. The number of halogens is 1. The number of carbonyl (C=O) groups excluding carboxylic acids is 1. The minimum atomic E-state index is -0.116. The number of aliphatic hydroxyl groups is 1. The van der Waals surface area contributed by atoms with Crippen LogP contribution in [0.1, 0.15) is 19.8 Å². The van der Waals surface area contributed by atoms with Crippen LogP contribution in [0.15, 0.2) is 18.2 Å². The average molecular weight is 301 g/mol. The molecule has 0 radical (unpaired) electrons. The maximum absolute atomic E-state index is 11.9. The Morgan fingerprint density at radius 1 is 1.50 bits per heavy atom. The van der Waals surface area contributed by atoms with Gasteiger partial charge in [-0.15, -0.1) is 0 Å². The van der Waals surface area contributed by atoms with Gasteiger partial charge in [0.1, 0.15) is 5.75 Å². The van der Waals surface area contributed by atoms with Crippen LogP contribution in [-0.4, -0.2) is 37.3 Å². The van der Waals surface area contributed by atoms with E-state index in [9.17, 15) is 4.79 Å². The second kappa shape index (κ2) is 8.79. The van der Waals surface area contributed by atoms with Crippen molar-refractivity contribution in [2.75, 3.05) is 25.6 Å². The molecule has 3 N–H and O–H groups in total. The van der Waals surface area contributed by atoms with Crippen LogP contribution in [0.5, 0.6) is 5.75 Å². The monoisotopic (exact) mass is 300 g/mol. The smallest absolute Gasteiger partial charge is 0.226 e. The Hall–Kier alpha value is -1.30. The molecule has 0 aliphatic carbocycles. The molecule has 0 aliphatic heterocycles. The highest BCUT2D eigenvalue weighted by Gasteiger charge is 2.11. The SMILES string of the molecule is COc1ccc(Cl)cc1NC(=O)CC(C)NCCCO. The van der Waals surface area contributed by atoms with Gasteiger partial charge in [-0.25, -0.2) is 0 Å². The van der Waals surface area contributed by atoms with Crippen molar-refractivity contribution < 1.29 is 14.6 Å². The molecule has 0 spiro atoms. The molecule has 1 unspecified atom stereocenters. The first-order valence-corrected chi connectivity index (χ1v) is 6.92. The standard InChI is InChI=1S/C14H21ClN2O3/c1-10(16-6-3-7-18)8-14(19)17-12-9-11(15)4-5-13(12)20-2/h4-5,9-10,16,18H,3,6-8H2,1-2H3,(H,17,19). The van der Waals surface area contributed by atoms with E-state index in [1.54, 1.807) is 18.2 Å². The second-order valence-electron chi connectivity index (χ2n) is 4.53. The molecular formula is C14H21ClN2O3. The van der Waals surface area contributed by atoms with Gasteiger partial charge in [0.15, 0.2) is 0 Å². The number of hydrogen-bond donors (Lipinski definition) is 3. The van der Waals surface area contributed by atoms with Gasteiger partial charge >= 0.3 is 0 Å². The van der Waals surface area contributed by atoms with Crippen LogP contribution in [0, 0.1) is 0 Å². The Morgan fingerprint density at radius 2 is 2.25 bits per heavy atom. The van der Waals surface area contributed by atoms with Gasteiger partial charge in [0.05, 0.1) is 12.8 Å². The van der Waals surface area contributed by atoms with Gasteiger partial charge in [0, 0.05) is 24.1 Å². The molecule has 0 aromatic heterocycles. The Morgan fingerprint density at radius 3 is 2.90 bits per heavy atom. The molecule has 0 saturated heterocycles. The van der Waals surface area contributed by atoms with E-state index in [0.29, 0.717) is 35.8 Å². The van der Waals surface area contributed by atoms with Gasteiger partial charge in [0.25, 0.3) is 0 Å². The molecule has 20 heavy (non-hydrogen) atoms. The quantitative estimate of drug-likeness (QED) is 0.643. The average Bonchev–Trinajstić information content (AvgIpc) is 2.39. The largest absolute Gasteiger partial charge is 0.495 e. The van der Waals surface area contributed by atoms with Crippen molar-refractivity contribution in [3.05, 3.63) is 23.2 Å². The fraction of sp³-hybridized carbons (Fsp3) is 0.500. The summed E-state index contributed by atoms with van der Waals surface area (Å²) in [7, 11) is 1.54.